The van der Waals surface area contributed by atoms with Crippen LogP contribution in [0, 0.1) is 3.57 Å². The number of nitrogens with one attached hydrogen (secondary N) is 1. The Morgan fingerprint density at radius 3 is 2.59 bits per heavy atom. The molecule has 17 heavy (non-hydrogen) atoms. The molecule has 0 atom stereocenters. The van der Waals surface area contributed by atoms with Crippen molar-refractivity contribution in [1.29, 1.82) is 0 Å². The van der Waals surface area contributed by atoms with Crippen molar-refractivity contribution in [3.8, 4) is 11.4 Å². The first-order valence-corrected chi connectivity index (χ1v) is 5.39. The van der Waals surface area contributed by atoms with Gasteiger partial charge in [-0.25, -0.2) is 4.79 Å². The van der Waals surface area contributed by atoms with Crippen molar-refractivity contribution in [2.75, 3.05) is 0 Å². The van der Waals surface area contributed by atoms with Crippen LogP contribution in [0.25, 0.3) is 11.4 Å². The number of benzene rings is 1. The van der Waals surface area contributed by atoms with Crippen LogP contribution in [0.5, 0.6) is 0 Å². The Morgan fingerprint density at radius 2 is 2.06 bits per heavy atom. The summed E-state index contributed by atoms with van der Waals surface area (Å²) in [5, 5.41) is 3.24. The van der Waals surface area contributed by atoms with Gasteiger partial charge >= 0.3 is 11.9 Å². The summed E-state index contributed by atoms with van der Waals surface area (Å²) in [6, 6.07) is 3.69. The largest absolute Gasteiger partial charge is 0.439 e. The maximum Gasteiger partial charge on any atom is 0.439 e. The number of nitrogens with zero attached hydrogens (tertiary/aromatic N) is 1. The summed E-state index contributed by atoms with van der Waals surface area (Å²) in [5.41, 5.74) is -1.09. The first kappa shape index (κ1) is 12.1. The second-order valence-corrected chi connectivity index (χ2v) is 4.38. The molecule has 1 heterocycles. The van der Waals surface area contributed by atoms with Crippen LogP contribution in [0.1, 0.15) is 5.56 Å². The van der Waals surface area contributed by atoms with Crippen LogP contribution in [0.15, 0.2) is 27.5 Å². The highest BCUT2D eigenvalue weighted by molar-refractivity contribution is 14.1. The molecular weight excluding hydrogens is 352 g/mol. The van der Waals surface area contributed by atoms with Gasteiger partial charge in [-0.1, -0.05) is 5.16 Å². The predicted molar refractivity (Wildman–Crippen MR) is 60.3 cm³/mol. The predicted octanol–water partition coefficient (Wildman–Crippen LogP) is 2.65. The maximum atomic E-state index is 12.8. The number of H-pyrrole nitrogens is 1. The molecule has 2 aromatic rings. The van der Waals surface area contributed by atoms with E-state index >= 15 is 0 Å². The fraction of sp³-hybridized carbons (Fsp3) is 0.111. The summed E-state index contributed by atoms with van der Waals surface area (Å²) in [5.74, 6) is -1.13. The normalized spacial score (nSPS) is 11.8. The van der Waals surface area contributed by atoms with Crippen molar-refractivity contribution in [1.82, 2.24) is 10.1 Å². The van der Waals surface area contributed by atoms with Crippen LogP contribution in [0.4, 0.5) is 13.2 Å². The van der Waals surface area contributed by atoms with Crippen molar-refractivity contribution >= 4 is 22.6 Å². The Bertz CT molecular complexity index is 603. The third kappa shape index (κ3) is 2.51. The maximum absolute atomic E-state index is 12.8. The molecule has 0 fully saturated rings. The van der Waals surface area contributed by atoms with Crippen LogP contribution in [0.3, 0.4) is 0 Å². The molecule has 1 N–H and O–H groups in total. The van der Waals surface area contributed by atoms with Crippen molar-refractivity contribution in [3.63, 3.8) is 0 Å². The summed E-state index contributed by atoms with van der Waals surface area (Å²) in [6.45, 7) is 0. The average Bonchev–Trinajstić information content (AvgIpc) is 2.63. The van der Waals surface area contributed by atoms with Crippen LogP contribution < -0.4 is 5.76 Å². The lowest BCUT2D eigenvalue weighted by Gasteiger charge is -2.10. The summed E-state index contributed by atoms with van der Waals surface area (Å²) in [7, 11) is 0. The van der Waals surface area contributed by atoms with Crippen LogP contribution >= 0.6 is 22.6 Å². The lowest BCUT2D eigenvalue weighted by molar-refractivity contribution is -0.137. The van der Waals surface area contributed by atoms with Gasteiger partial charge in [-0.3, -0.25) is 9.51 Å². The summed E-state index contributed by atoms with van der Waals surface area (Å²) in [6.07, 6.45) is -4.52. The van der Waals surface area contributed by atoms with Crippen molar-refractivity contribution < 1.29 is 17.7 Å². The number of halogens is 4. The average molecular weight is 356 g/mol. The van der Waals surface area contributed by atoms with Gasteiger partial charge in [0.25, 0.3) is 0 Å². The molecule has 0 amide bonds. The molecule has 4 nitrogen and oxygen atoms in total. The molecule has 0 aliphatic heterocycles. The van der Waals surface area contributed by atoms with Crippen molar-refractivity contribution in [2.45, 2.75) is 6.18 Å². The number of aromatic nitrogens is 2. The molecule has 1 aromatic carbocycles. The molecule has 0 bridgehead atoms. The Balaban J connectivity index is 2.65. The van der Waals surface area contributed by atoms with E-state index in [9.17, 15) is 18.0 Å². The van der Waals surface area contributed by atoms with Gasteiger partial charge in [-0.05, 0) is 40.8 Å². The van der Waals surface area contributed by atoms with E-state index in [0.29, 0.717) is 3.57 Å². The Labute approximate surface area is 106 Å². The van der Waals surface area contributed by atoms with E-state index in [1.807, 2.05) is 0 Å². The molecule has 0 unspecified atom stereocenters. The molecule has 1 aromatic heterocycles. The zero-order chi connectivity index (χ0) is 12.6. The van der Waals surface area contributed by atoms with Crippen molar-refractivity contribution in [2.24, 2.45) is 0 Å². The lowest BCUT2D eigenvalue weighted by atomic mass is 10.1. The Morgan fingerprint density at radius 1 is 1.35 bits per heavy atom. The van der Waals surface area contributed by atoms with E-state index in [1.54, 1.807) is 22.6 Å². The topological polar surface area (TPSA) is 58.9 Å². The SMILES string of the molecule is O=c1[nH]c(-c2ccc(I)cc2C(F)(F)F)no1. The molecule has 0 spiro atoms. The van der Waals surface area contributed by atoms with Crippen molar-refractivity contribution in [3.05, 3.63) is 37.9 Å². The number of hydrogen-bond acceptors (Lipinski definition) is 3. The second kappa shape index (κ2) is 4.17. The Hall–Kier alpha value is -1.32. The van der Waals surface area contributed by atoms with E-state index in [2.05, 4.69) is 14.7 Å². The van der Waals surface area contributed by atoms with Crippen LogP contribution in [-0.2, 0) is 6.18 Å². The fourth-order valence-corrected chi connectivity index (χ4v) is 1.79. The number of hydrogen-bond donors (Lipinski definition) is 1. The molecule has 2 rings (SSSR count). The minimum Gasteiger partial charge on any atom is -0.296 e. The highest BCUT2D eigenvalue weighted by Crippen LogP contribution is 2.36. The molecule has 0 aliphatic carbocycles. The van der Waals surface area contributed by atoms with Gasteiger partial charge in [0, 0.05) is 9.13 Å². The second-order valence-electron chi connectivity index (χ2n) is 3.13. The zero-order valence-electron chi connectivity index (χ0n) is 8.01. The van der Waals surface area contributed by atoms with E-state index in [4.69, 9.17) is 0 Å². The summed E-state index contributed by atoms with van der Waals surface area (Å²) >= 11 is 1.77. The van der Waals surface area contributed by atoms with E-state index < -0.39 is 17.5 Å². The number of alkyl halides is 3. The van der Waals surface area contributed by atoms with Crippen LogP contribution in [0.2, 0.25) is 0 Å². The summed E-state index contributed by atoms with van der Waals surface area (Å²) in [4.78, 5) is 12.8. The zero-order valence-corrected chi connectivity index (χ0v) is 10.2. The third-order valence-corrected chi connectivity index (χ3v) is 2.65. The smallest absolute Gasteiger partial charge is 0.296 e. The molecule has 0 radical (unpaired) electrons. The first-order valence-electron chi connectivity index (χ1n) is 4.31. The monoisotopic (exact) mass is 356 g/mol. The van der Waals surface area contributed by atoms with E-state index in [1.165, 1.54) is 12.1 Å². The molecular formula is C9H4F3IN2O2. The quantitative estimate of drug-likeness (QED) is 0.800. The van der Waals surface area contributed by atoms with Gasteiger partial charge in [0.2, 0.25) is 0 Å². The van der Waals surface area contributed by atoms with Gasteiger partial charge < -0.3 is 0 Å². The Kier molecular flexibility index (Phi) is 2.98. The molecule has 90 valence electrons. The van der Waals surface area contributed by atoms with Crippen LogP contribution in [-0.4, -0.2) is 10.1 Å². The molecule has 8 heteroatoms. The van der Waals surface area contributed by atoms with Gasteiger partial charge in [-0.2, -0.15) is 13.2 Å². The van der Waals surface area contributed by atoms with E-state index in [0.717, 1.165) is 6.07 Å². The molecule has 0 saturated carbocycles. The number of rotatable bonds is 1. The number of aromatic amines is 1. The lowest BCUT2D eigenvalue weighted by Crippen LogP contribution is -2.08. The minimum atomic E-state index is -4.52. The summed E-state index contributed by atoms with van der Waals surface area (Å²) < 4.78 is 42.9. The van der Waals surface area contributed by atoms with E-state index in [-0.39, 0.29) is 11.4 Å². The fourth-order valence-electron chi connectivity index (χ4n) is 1.30. The molecule has 0 aliphatic rings. The van der Waals surface area contributed by atoms with Gasteiger partial charge in [0.1, 0.15) is 0 Å². The highest BCUT2D eigenvalue weighted by atomic mass is 127. The standard InChI is InChI=1S/C9H4F3IN2O2/c10-9(11,12)6-3-4(13)1-2-5(6)7-14-8(16)17-15-7/h1-3H,(H,14,15,16). The molecule has 0 saturated heterocycles. The van der Waals surface area contributed by atoms with Gasteiger partial charge in [0.05, 0.1) is 5.56 Å². The van der Waals surface area contributed by atoms with Gasteiger partial charge in [0.15, 0.2) is 5.82 Å². The highest BCUT2D eigenvalue weighted by Gasteiger charge is 2.34. The minimum absolute atomic E-state index is 0.219. The first-order chi connectivity index (χ1) is 7.88. The van der Waals surface area contributed by atoms with Gasteiger partial charge in [-0.15, -0.1) is 0 Å². The third-order valence-electron chi connectivity index (χ3n) is 1.98.